The molecule has 0 aliphatic heterocycles. The highest BCUT2D eigenvalue weighted by Gasteiger charge is 2.14. The van der Waals surface area contributed by atoms with E-state index in [1.165, 1.54) is 31.4 Å². The fourth-order valence-corrected chi connectivity index (χ4v) is 3.89. The highest BCUT2D eigenvalue weighted by Crippen LogP contribution is 2.23. The van der Waals surface area contributed by atoms with Crippen LogP contribution < -0.4 is 15.5 Å². The maximum atomic E-state index is 12.6. The predicted octanol–water partition coefficient (Wildman–Crippen LogP) is 5.02. The summed E-state index contributed by atoms with van der Waals surface area (Å²) in [6.07, 6.45) is 10.7. The number of aryl methyl sites for hydroxylation is 1. The van der Waals surface area contributed by atoms with Gasteiger partial charge in [0.1, 0.15) is 0 Å². The summed E-state index contributed by atoms with van der Waals surface area (Å²) >= 11 is 0. The van der Waals surface area contributed by atoms with E-state index < -0.39 is 0 Å². The minimum Gasteiger partial charge on any atom is -0.372 e. The van der Waals surface area contributed by atoms with Gasteiger partial charge in [0.15, 0.2) is 0 Å². The second-order valence-electron chi connectivity index (χ2n) is 7.75. The Kier molecular flexibility index (Phi) is 7.44. The monoisotopic (exact) mass is 395 g/mol. The summed E-state index contributed by atoms with van der Waals surface area (Å²) in [5.74, 6) is 0.415. The molecule has 0 radical (unpaired) electrons. The largest absolute Gasteiger partial charge is 0.372 e. The van der Waals surface area contributed by atoms with Crippen LogP contribution in [0.25, 0.3) is 0 Å². The quantitative estimate of drug-likeness (QED) is 0.644. The van der Waals surface area contributed by atoms with Gasteiger partial charge in [-0.15, -0.1) is 0 Å². The maximum Gasteiger partial charge on any atom is 0.258 e. The van der Waals surface area contributed by atoms with Crippen LogP contribution >= 0.6 is 0 Å². The molecule has 1 aliphatic rings. The number of nitrogens with one attached hydrogen (secondary N) is 2. The van der Waals surface area contributed by atoms with E-state index in [2.05, 4.69) is 45.4 Å². The zero-order valence-corrected chi connectivity index (χ0v) is 17.9. The summed E-state index contributed by atoms with van der Waals surface area (Å²) in [7, 11) is 0. The molecule has 1 saturated carbocycles. The normalized spacial score (nSPS) is 14.9. The number of benzene rings is 1. The van der Waals surface area contributed by atoms with Gasteiger partial charge in [-0.25, -0.2) is 9.97 Å². The molecule has 0 unspecified atom stereocenters. The molecule has 2 N–H and O–H groups in total. The first-order valence-electron chi connectivity index (χ1n) is 10.9. The molecule has 0 atom stereocenters. The van der Waals surface area contributed by atoms with Crippen molar-refractivity contribution in [1.82, 2.24) is 9.97 Å². The third-order valence-electron chi connectivity index (χ3n) is 5.69. The van der Waals surface area contributed by atoms with Gasteiger partial charge in [0, 0.05) is 42.9 Å². The molecule has 1 aromatic heterocycles. The van der Waals surface area contributed by atoms with Crippen LogP contribution in [0.4, 0.5) is 17.3 Å². The van der Waals surface area contributed by atoms with E-state index in [1.54, 1.807) is 12.4 Å². The second-order valence-corrected chi connectivity index (χ2v) is 7.75. The van der Waals surface area contributed by atoms with E-state index >= 15 is 0 Å². The third kappa shape index (κ3) is 5.68. The summed E-state index contributed by atoms with van der Waals surface area (Å²) in [4.78, 5) is 23.6. The molecule has 6 nitrogen and oxygen atoms in total. The smallest absolute Gasteiger partial charge is 0.258 e. The Labute approximate surface area is 174 Å². The van der Waals surface area contributed by atoms with Crippen LogP contribution in [0.5, 0.6) is 0 Å². The molecule has 0 bridgehead atoms. The van der Waals surface area contributed by atoms with Crippen molar-refractivity contribution in [3.05, 3.63) is 41.7 Å². The molecule has 1 fully saturated rings. The van der Waals surface area contributed by atoms with Crippen LogP contribution in [0.15, 0.2) is 30.6 Å². The minimum atomic E-state index is -0.190. The summed E-state index contributed by atoms with van der Waals surface area (Å²) in [6, 6.07) is 6.55. The number of rotatable bonds is 7. The second kappa shape index (κ2) is 10.2. The topological polar surface area (TPSA) is 70.2 Å². The fourth-order valence-electron chi connectivity index (χ4n) is 3.89. The van der Waals surface area contributed by atoms with Crippen molar-refractivity contribution in [1.29, 1.82) is 0 Å². The van der Waals surface area contributed by atoms with E-state index in [9.17, 15) is 4.79 Å². The number of hydrogen-bond acceptors (Lipinski definition) is 5. The summed E-state index contributed by atoms with van der Waals surface area (Å²) in [5, 5.41) is 6.39. The Hall–Kier alpha value is -2.63. The summed E-state index contributed by atoms with van der Waals surface area (Å²) < 4.78 is 0. The van der Waals surface area contributed by atoms with Gasteiger partial charge in [0.05, 0.1) is 5.56 Å². The Balaban J connectivity index is 1.62. The zero-order chi connectivity index (χ0) is 20.6. The Bertz CT molecular complexity index is 793. The molecule has 2 aromatic rings. The van der Waals surface area contributed by atoms with Gasteiger partial charge in [-0.1, -0.05) is 25.7 Å². The number of aromatic nitrogens is 2. The van der Waals surface area contributed by atoms with Gasteiger partial charge in [-0.05, 0) is 57.4 Å². The highest BCUT2D eigenvalue weighted by molar-refractivity contribution is 6.04. The molecule has 6 heteroatoms. The van der Waals surface area contributed by atoms with E-state index in [-0.39, 0.29) is 5.91 Å². The van der Waals surface area contributed by atoms with E-state index in [0.29, 0.717) is 17.6 Å². The van der Waals surface area contributed by atoms with Gasteiger partial charge < -0.3 is 15.5 Å². The molecule has 1 aromatic carbocycles. The molecule has 3 rings (SSSR count). The SMILES string of the molecule is CCN(CC)c1ccc(NC(=O)c2cnc(NC3CCCCCC3)nc2)c(C)c1. The van der Waals surface area contributed by atoms with E-state index in [0.717, 1.165) is 37.2 Å². The van der Waals surface area contributed by atoms with Crippen LogP contribution in [-0.4, -0.2) is 35.0 Å². The van der Waals surface area contributed by atoms with Crippen molar-refractivity contribution in [3.8, 4) is 0 Å². The van der Waals surface area contributed by atoms with E-state index in [4.69, 9.17) is 0 Å². The Morgan fingerprint density at radius 2 is 1.72 bits per heavy atom. The summed E-state index contributed by atoms with van der Waals surface area (Å²) in [5.41, 5.74) is 3.48. The van der Waals surface area contributed by atoms with Gasteiger partial charge >= 0.3 is 0 Å². The van der Waals surface area contributed by atoms with Gasteiger partial charge in [0.25, 0.3) is 5.91 Å². The van der Waals surface area contributed by atoms with Crippen LogP contribution in [0, 0.1) is 6.92 Å². The fraction of sp³-hybridized carbons (Fsp3) is 0.522. The number of carbonyl (C=O) groups is 1. The van der Waals surface area contributed by atoms with Gasteiger partial charge in [-0.2, -0.15) is 0 Å². The lowest BCUT2D eigenvalue weighted by Gasteiger charge is -2.22. The Morgan fingerprint density at radius 1 is 1.07 bits per heavy atom. The average Bonchev–Trinajstić information content (AvgIpc) is 3.00. The lowest BCUT2D eigenvalue weighted by Crippen LogP contribution is -2.22. The lowest BCUT2D eigenvalue weighted by atomic mass is 10.1. The zero-order valence-electron chi connectivity index (χ0n) is 17.9. The number of anilines is 3. The van der Waals surface area contributed by atoms with Crippen LogP contribution in [-0.2, 0) is 0 Å². The first-order valence-corrected chi connectivity index (χ1v) is 10.9. The predicted molar refractivity (Wildman–Crippen MR) is 120 cm³/mol. The molecule has 0 spiro atoms. The third-order valence-corrected chi connectivity index (χ3v) is 5.69. The molecule has 0 saturated heterocycles. The van der Waals surface area contributed by atoms with Crippen molar-refractivity contribution in [2.45, 2.75) is 65.3 Å². The van der Waals surface area contributed by atoms with Crippen molar-refractivity contribution in [2.75, 3.05) is 28.6 Å². The maximum absolute atomic E-state index is 12.6. The number of amides is 1. The highest BCUT2D eigenvalue weighted by atomic mass is 16.1. The molecule has 1 amide bonds. The molecule has 156 valence electrons. The van der Waals surface area contributed by atoms with Crippen molar-refractivity contribution < 1.29 is 4.79 Å². The van der Waals surface area contributed by atoms with Gasteiger partial charge in [-0.3, -0.25) is 4.79 Å². The number of nitrogens with zero attached hydrogens (tertiary/aromatic N) is 3. The minimum absolute atomic E-state index is 0.190. The lowest BCUT2D eigenvalue weighted by molar-refractivity contribution is 0.102. The molecule has 29 heavy (non-hydrogen) atoms. The Morgan fingerprint density at radius 3 is 2.31 bits per heavy atom. The van der Waals surface area contributed by atoms with Gasteiger partial charge in [0.2, 0.25) is 5.95 Å². The first kappa shape index (κ1) is 21.1. The molecule has 1 heterocycles. The van der Waals surface area contributed by atoms with Crippen LogP contribution in [0.1, 0.15) is 68.3 Å². The molecular formula is C23H33N5O. The average molecular weight is 396 g/mol. The van der Waals surface area contributed by atoms with E-state index in [1.807, 2.05) is 19.1 Å². The van der Waals surface area contributed by atoms with Crippen LogP contribution in [0.3, 0.4) is 0 Å². The summed E-state index contributed by atoms with van der Waals surface area (Å²) in [6.45, 7) is 8.21. The van der Waals surface area contributed by atoms with Crippen molar-refractivity contribution >= 4 is 23.2 Å². The van der Waals surface area contributed by atoms with Crippen molar-refractivity contribution in [3.63, 3.8) is 0 Å². The number of carbonyl (C=O) groups excluding carboxylic acids is 1. The molecular weight excluding hydrogens is 362 g/mol. The van der Waals surface area contributed by atoms with Crippen molar-refractivity contribution in [2.24, 2.45) is 0 Å². The standard InChI is InChI=1S/C23H33N5O/c1-4-28(5-2)20-12-13-21(17(3)14-20)27-22(29)18-15-24-23(25-16-18)26-19-10-8-6-7-9-11-19/h12-16,19H,4-11H2,1-3H3,(H,27,29)(H,24,25,26). The first-order chi connectivity index (χ1) is 14.1. The molecule has 1 aliphatic carbocycles. The van der Waals surface area contributed by atoms with Crippen LogP contribution in [0.2, 0.25) is 0 Å². The number of hydrogen-bond donors (Lipinski definition) is 2.